The Morgan fingerprint density at radius 1 is 1.38 bits per heavy atom. The molecule has 1 aromatic rings. The highest BCUT2D eigenvalue weighted by Crippen LogP contribution is 2.43. The molecule has 0 saturated heterocycles. The molecule has 0 bridgehead atoms. The first-order valence-corrected chi connectivity index (χ1v) is 5.97. The Bertz CT molecular complexity index is 366. The Morgan fingerprint density at radius 2 is 2.00 bits per heavy atom. The lowest BCUT2D eigenvalue weighted by molar-refractivity contribution is 0.222. The van der Waals surface area contributed by atoms with Crippen LogP contribution in [-0.2, 0) is 9.09 Å². The first kappa shape index (κ1) is 15.4. The minimum absolute atomic E-state index is 0. The standard InChI is InChI=1S/C10H13O4P.Al.3H/c1-2-3-9-13-15(11,12)14-10-7-5-4-6-8-10;;;;/h2-8H,9H2,1H3,(H,11,12);;;;/b3-2+;;;;. The number of rotatable bonds is 5. The number of hydrogen-bond donors (Lipinski definition) is 1. The highest BCUT2D eigenvalue weighted by Gasteiger charge is 2.21. The number of phosphoric ester groups is 1. The molecule has 0 radical (unpaired) electrons. The lowest BCUT2D eigenvalue weighted by atomic mass is 10.3. The number of allylic oxidation sites excluding steroid dienone is 1. The summed E-state index contributed by atoms with van der Waals surface area (Å²) in [6.45, 7) is 1.85. The monoisotopic (exact) mass is 258 g/mol. The predicted octanol–water partition coefficient (Wildman–Crippen LogP) is 1.57. The summed E-state index contributed by atoms with van der Waals surface area (Å²) >= 11 is 0. The summed E-state index contributed by atoms with van der Waals surface area (Å²) in [4.78, 5) is 9.27. The maximum Gasteiger partial charge on any atom is 0.527 e. The van der Waals surface area contributed by atoms with Gasteiger partial charge in [-0.3, -0.25) is 9.42 Å². The van der Waals surface area contributed by atoms with E-state index < -0.39 is 7.82 Å². The van der Waals surface area contributed by atoms with Crippen LogP contribution in [0.1, 0.15) is 6.92 Å². The third-order valence-corrected chi connectivity index (χ3v) is 2.45. The van der Waals surface area contributed by atoms with E-state index in [2.05, 4.69) is 4.52 Å². The van der Waals surface area contributed by atoms with Crippen molar-refractivity contribution < 1.29 is 18.5 Å². The average molecular weight is 258 g/mol. The Kier molecular flexibility index (Phi) is 7.41. The minimum atomic E-state index is -4.00. The van der Waals surface area contributed by atoms with Gasteiger partial charge >= 0.3 is 7.82 Å². The molecule has 0 fully saturated rings. The van der Waals surface area contributed by atoms with Gasteiger partial charge in [-0.1, -0.05) is 30.4 Å². The molecule has 16 heavy (non-hydrogen) atoms. The van der Waals surface area contributed by atoms with Gasteiger partial charge in [-0.25, -0.2) is 4.57 Å². The Morgan fingerprint density at radius 3 is 2.56 bits per heavy atom. The van der Waals surface area contributed by atoms with E-state index in [1.54, 1.807) is 49.4 Å². The zero-order valence-corrected chi connectivity index (χ0v) is 9.26. The molecule has 88 valence electrons. The van der Waals surface area contributed by atoms with Crippen molar-refractivity contribution in [3.63, 3.8) is 0 Å². The first-order valence-electron chi connectivity index (χ1n) is 4.47. The van der Waals surface area contributed by atoms with Crippen LogP contribution < -0.4 is 4.52 Å². The van der Waals surface area contributed by atoms with E-state index in [0.29, 0.717) is 5.75 Å². The molecule has 1 rings (SSSR count). The van der Waals surface area contributed by atoms with E-state index in [1.807, 2.05) is 0 Å². The van der Waals surface area contributed by atoms with Crippen molar-refractivity contribution in [3.8, 4) is 5.75 Å². The molecule has 1 unspecified atom stereocenters. The fourth-order valence-corrected chi connectivity index (χ4v) is 1.59. The van der Waals surface area contributed by atoms with Crippen molar-refractivity contribution in [1.82, 2.24) is 0 Å². The van der Waals surface area contributed by atoms with E-state index in [1.165, 1.54) is 0 Å². The van der Waals surface area contributed by atoms with Gasteiger partial charge in [0.2, 0.25) is 0 Å². The number of para-hydroxylation sites is 1. The van der Waals surface area contributed by atoms with E-state index in [0.717, 1.165) is 0 Å². The maximum atomic E-state index is 11.3. The van der Waals surface area contributed by atoms with Crippen LogP contribution >= 0.6 is 7.82 Å². The van der Waals surface area contributed by atoms with Gasteiger partial charge in [0.25, 0.3) is 0 Å². The second-order valence-corrected chi connectivity index (χ2v) is 4.12. The van der Waals surface area contributed by atoms with Crippen LogP contribution in [0.2, 0.25) is 0 Å². The molecule has 0 aliphatic heterocycles. The topological polar surface area (TPSA) is 55.8 Å². The fourth-order valence-electron chi connectivity index (χ4n) is 0.874. The summed E-state index contributed by atoms with van der Waals surface area (Å²) in [5.74, 6) is 0.309. The molecule has 0 aromatic heterocycles. The molecule has 0 amide bonds. The van der Waals surface area contributed by atoms with Gasteiger partial charge < -0.3 is 4.52 Å². The minimum Gasteiger partial charge on any atom is -0.404 e. The van der Waals surface area contributed by atoms with Crippen molar-refractivity contribution in [2.45, 2.75) is 6.92 Å². The van der Waals surface area contributed by atoms with Crippen molar-refractivity contribution in [2.24, 2.45) is 0 Å². The van der Waals surface area contributed by atoms with Gasteiger partial charge in [0.05, 0.1) is 6.61 Å². The van der Waals surface area contributed by atoms with E-state index in [9.17, 15) is 9.46 Å². The molecule has 0 aliphatic carbocycles. The Labute approximate surface area is 106 Å². The van der Waals surface area contributed by atoms with E-state index >= 15 is 0 Å². The van der Waals surface area contributed by atoms with Crippen LogP contribution in [0.3, 0.4) is 0 Å². The van der Waals surface area contributed by atoms with Gasteiger partial charge in [0.15, 0.2) is 17.4 Å². The Hall–Kier alpha value is -0.558. The van der Waals surface area contributed by atoms with E-state index in [4.69, 9.17) is 4.52 Å². The quantitative estimate of drug-likeness (QED) is 0.495. The third kappa shape index (κ3) is 6.12. The SMILES string of the molecule is C/C=C/COP(=O)(O)Oc1ccccc1.[AlH3]. The summed E-state index contributed by atoms with van der Waals surface area (Å²) in [5.41, 5.74) is 0. The van der Waals surface area contributed by atoms with Gasteiger partial charge in [-0.05, 0) is 19.1 Å². The lowest BCUT2D eigenvalue weighted by Gasteiger charge is -2.11. The molecule has 0 saturated carbocycles. The van der Waals surface area contributed by atoms with Crippen LogP contribution in [0.25, 0.3) is 0 Å². The summed E-state index contributed by atoms with van der Waals surface area (Å²) in [5, 5.41) is 0. The second-order valence-electron chi connectivity index (χ2n) is 2.74. The summed E-state index contributed by atoms with van der Waals surface area (Å²) in [6.07, 6.45) is 3.35. The largest absolute Gasteiger partial charge is 0.527 e. The number of phosphoric acid groups is 1. The van der Waals surface area contributed by atoms with Crippen molar-refractivity contribution in [2.75, 3.05) is 6.61 Å². The van der Waals surface area contributed by atoms with Crippen LogP contribution in [0.4, 0.5) is 0 Å². The molecule has 4 nitrogen and oxygen atoms in total. The van der Waals surface area contributed by atoms with Gasteiger partial charge in [-0.15, -0.1) is 0 Å². The molecule has 0 heterocycles. The summed E-state index contributed by atoms with van der Waals surface area (Å²) in [7, 11) is -4.00. The molecule has 0 spiro atoms. The van der Waals surface area contributed by atoms with Crippen molar-refractivity contribution >= 4 is 25.2 Å². The Balaban J connectivity index is 0.00000225. The van der Waals surface area contributed by atoms with Crippen LogP contribution in [0.5, 0.6) is 5.75 Å². The van der Waals surface area contributed by atoms with E-state index in [-0.39, 0.29) is 24.0 Å². The van der Waals surface area contributed by atoms with Crippen molar-refractivity contribution in [3.05, 3.63) is 42.5 Å². The molecule has 1 N–H and O–H groups in total. The molecule has 1 aromatic carbocycles. The molecular weight excluding hydrogens is 242 g/mol. The van der Waals surface area contributed by atoms with Crippen molar-refractivity contribution in [1.29, 1.82) is 0 Å². The normalized spacial score (nSPS) is 14.1. The molecular formula is C10H16AlO4P. The van der Waals surface area contributed by atoms with Crippen LogP contribution in [0.15, 0.2) is 42.5 Å². The maximum absolute atomic E-state index is 11.3. The molecule has 0 aliphatic rings. The fraction of sp³-hybridized carbons (Fsp3) is 0.200. The van der Waals surface area contributed by atoms with Crippen LogP contribution in [0, 0.1) is 0 Å². The number of hydrogen-bond acceptors (Lipinski definition) is 3. The second kappa shape index (κ2) is 7.67. The zero-order valence-electron chi connectivity index (χ0n) is 8.37. The molecule has 6 heteroatoms. The average Bonchev–Trinajstić information content (AvgIpc) is 2.18. The van der Waals surface area contributed by atoms with Crippen LogP contribution in [-0.4, -0.2) is 28.9 Å². The summed E-state index contributed by atoms with van der Waals surface area (Å²) < 4.78 is 20.8. The highest BCUT2D eigenvalue weighted by molar-refractivity contribution is 7.47. The van der Waals surface area contributed by atoms with Gasteiger partial charge in [-0.2, -0.15) is 0 Å². The summed E-state index contributed by atoms with van der Waals surface area (Å²) in [6, 6.07) is 8.38. The highest BCUT2D eigenvalue weighted by atomic mass is 31.2. The van der Waals surface area contributed by atoms with Gasteiger partial charge in [0, 0.05) is 0 Å². The number of benzene rings is 1. The van der Waals surface area contributed by atoms with Gasteiger partial charge in [0.1, 0.15) is 5.75 Å². The zero-order chi connectivity index (χ0) is 11.1. The predicted molar refractivity (Wildman–Crippen MR) is 67.6 cm³/mol. The lowest BCUT2D eigenvalue weighted by Crippen LogP contribution is -1.97. The first-order chi connectivity index (χ1) is 7.14. The molecule has 1 atom stereocenters. The third-order valence-electron chi connectivity index (χ3n) is 1.53. The smallest absolute Gasteiger partial charge is 0.404 e.